The Bertz CT molecular complexity index is 435. The van der Waals surface area contributed by atoms with Crippen LogP contribution in [0.1, 0.15) is 20.3 Å². The zero-order valence-corrected chi connectivity index (χ0v) is 12.5. The van der Waals surface area contributed by atoms with Crippen LogP contribution in [-0.2, 0) is 11.3 Å². The Morgan fingerprint density at radius 3 is 2.60 bits per heavy atom. The van der Waals surface area contributed by atoms with E-state index in [1.807, 2.05) is 4.90 Å². The molecular formula is C14H25N5O. The minimum atomic E-state index is 0.122. The predicted molar refractivity (Wildman–Crippen MR) is 79.1 cm³/mol. The third-order valence-electron chi connectivity index (χ3n) is 3.70. The van der Waals surface area contributed by atoms with Gasteiger partial charge in [0.1, 0.15) is 6.54 Å². The molecule has 1 aliphatic rings. The molecule has 1 aliphatic heterocycles. The van der Waals surface area contributed by atoms with Crippen molar-refractivity contribution in [3.05, 3.63) is 12.4 Å². The Morgan fingerprint density at radius 2 is 2.05 bits per heavy atom. The molecular weight excluding hydrogens is 254 g/mol. The van der Waals surface area contributed by atoms with Crippen LogP contribution < -0.4 is 5.73 Å². The number of nitrogens with zero attached hydrogens (tertiary/aromatic N) is 4. The summed E-state index contributed by atoms with van der Waals surface area (Å²) in [6.07, 6.45) is 4.48. The van der Waals surface area contributed by atoms with E-state index in [1.54, 1.807) is 17.1 Å². The molecule has 1 saturated heterocycles. The van der Waals surface area contributed by atoms with Gasteiger partial charge in [-0.1, -0.05) is 13.8 Å². The molecule has 6 heteroatoms. The van der Waals surface area contributed by atoms with Crippen LogP contribution in [0.2, 0.25) is 0 Å². The van der Waals surface area contributed by atoms with Crippen molar-refractivity contribution in [2.45, 2.75) is 26.8 Å². The summed E-state index contributed by atoms with van der Waals surface area (Å²) in [7, 11) is 0. The summed E-state index contributed by atoms with van der Waals surface area (Å²) >= 11 is 0. The standard InChI is InChI=1S/C14H25N5O/c1-12(2)3-4-17-5-7-18(8-6-17)14(20)11-19-10-13(15)9-16-19/h9-10,12H,3-8,11,15H2,1-2H3. The molecule has 1 aromatic heterocycles. The smallest absolute Gasteiger partial charge is 0.244 e. The third-order valence-corrected chi connectivity index (χ3v) is 3.70. The van der Waals surface area contributed by atoms with Gasteiger partial charge in [0.2, 0.25) is 5.91 Å². The van der Waals surface area contributed by atoms with Crippen molar-refractivity contribution in [3.8, 4) is 0 Å². The van der Waals surface area contributed by atoms with Gasteiger partial charge in [0.25, 0.3) is 0 Å². The molecule has 2 rings (SSSR count). The number of nitrogens with two attached hydrogens (primary N) is 1. The van der Waals surface area contributed by atoms with Gasteiger partial charge in [-0.05, 0) is 18.9 Å². The van der Waals surface area contributed by atoms with E-state index in [0.29, 0.717) is 5.69 Å². The van der Waals surface area contributed by atoms with E-state index in [0.717, 1.165) is 38.6 Å². The number of carbonyl (C=O) groups is 1. The Morgan fingerprint density at radius 1 is 1.35 bits per heavy atom. The van der Waals surface area contributed by atoms with Crippen molar-refractivity contribution < 1.29 is 4.79 Å². The highest BCUT2D eigenvalue weighted by molar-refractivity contribution is 5.76. The molecule has 0 unspecified atom stereocenters. The molecule has 1 fully saturated rings. The summed E-state index contributed by atoms with van der Waals surface area (Å²) in [5.41, 5.74) is 6.19. The summed E-state index contributed by atoms with van der Waals surface area (Å²) in [4.78, 5) is 16.5. The lowest BCUT2D eigenvalue weighted by atomic mass is 10.1. The zero-order chi connectivity index (χ0) is 14.5. The van der Waals surface area contributed by atoms with E-state index >= 15 is 0 Å². The molecule has 0 atom stereocenters. The van der Waals surface area contributed by atoms with Gasteiger partial charge in [-0.15, -0.1) is 0 Å². The van der Waals surface area contributed by atoms with Crippen LogP contribution in [0.15, 0.2) is 12.4 Å². The predicted octanol–water partition coefficient (Wildman–Crippen LogP) is 0.656. The third kappa shape index (κ3) is 4.23. The number of aromatic nitrogens is 2. The second kappa shape index (κ2) is 6.74. The number of carbonyl (C=O) groups excluding carboxylic acids is 1. The van der Waals surface area contributed by atoms with E-state index in [-0.39, 0.29) is 12.5 Å². The van der Waals surface area contributed by atoms with Gasteiger partial charge in [-0.3, -0.25) is 14.4 Å². The molecule has 20 heavy (non-hydrogen) atoms. The Balaban J connectivity index is 1.74. The number of nitrogen functional groups attached to an aromatic ring is 1. The molecule has 112 valence electrons. The zero-order valence-electron chi connectivity index (χ0n) is 12.5. The van der Waals surface area contributed by atoms with Gasteiger partial charge in [0.05, 0.1) is 11.9 Å². The maximum absolute atomic E-state index is 12.2. The Hall–Kier alpha value is -1.56. The number of rotatable bonds is 5. The minimum absolute atomic E-state index is 0.122. The maximum atomic E-state index is 12.2. The number of hydrogen-bond donors (Lipinski definition) is 1. The largest absolute Gasteiger partial charge is 0.396 e. The topological polar surface area (TPSA) is 67.4 Å². The quantitative estimate of drug-likeness (QED) is 0.859. The molecule has 0 aromatic carbocycles. The van der Waals surface area contributed by atoms with Crippen molar-refractivity contribution in [3.63, 3.8) is 0 Å². The van der Waals surface area contributed by atoms with Gasteiger partial charge in [0.15, 0.2) is 0 Å². The summed E-state index contributed by atoms with van der Waals surface area (Å²) in [5, 5.41) is 4.05. The fourth-order valence-corrected chi connectivity index (χ4v) is 2.37. The lowest BCUT2D eigenvalue weighted by Gasteiger charge is -2.35. The first-order chi connectivity index (χ1) is 9.54. The first kappa shape index (κ1) is 14.8. The molecule has 1 amide bonds. The summed E-state index contributed by atoms with van der Waals surface area (Å²) < 4.78 is 1.60. The first-order valence-corrected chi connectivity index (χ1v) is 7.32. The van der Waals surface area contributed by atoms with Gasteiger partial charge < -0.3 is 10.6 Å². The normalized spacial score (nSPS) is 16.9. The van der Waals surface area contributed by atoms with Crippen LogP contribution >= 0.6 is 0 Å². The average molecular weight is 279 g/mol. The lowest BCUT2D eigenvalue weighted by molar-refractivity contribution is -0.133. The number of piperazine rings is 1. The average Bonchev–Trinajstić information content (AvgIpc) is 2.82. The van der Waals surface area contributed by atoms with E-state index in [1.165, 1.54) is 6.42 Å². The van der Waals surface area contributed by atoms with Gasteiger partial charge in [-0.2, -0.15) is 5.10 Å². The van der Waals surface area contributed by atoms with Crippen molar-refractivity contribution in [1.29, 1.82) is 0 Å². The first-order valence-electron chi connectivity index (χ1n) is 7.32. The second-order valence-corrected chi connectivity index (χ2v) is 5.88. The maximum Gasteiger partial charge on any atom is 0.244 e. The van der Waals surface area contributed by atoms with Crippen LogP contribution in [0.3, 0.4) is 0 Å². The van der Waals surface area contributed by atoms with Crippen molar-refractivity contribution in [1.82, 2.24) is 19.6 Å². The summed E-state index contributed by atoms with van der Waals surface area (Å²) in [6, 6.07) is 0. The monoisotopic (exact) mass is 279 g/mol. The van der Waals surface area contributed by atoms with Crippen molar-refractivity contribution >= 4 is 11.6 Å². The molecule has 0 radical (unpaired) electrons. The van der Waals surface area contributed by atoms with Gasteiger partial charge >= 0.3 is 0 Å². The lowest BCUT2D eigenvalue weighted by Crippen LogP contribution is -2.49. The second-order valence-electron chi connectivity index (χ2n) is 5.88. The molecule has 0 bridgehead atoms. The molecule has 6 nitrogen and oxygen atoms in total. The van der Waals surface area contributed by atoms with E-state index in [2.05, 4.69) is 23.8 Å². The van der Waals surface area contributed by atoms with Gasteiger partial charge in [0, 0.05) is 32.4 Å². The minimum Gasteiger partial charge on any atom is -0.396 e. The van der Waals surface area contributed by atoms with Crippen LogP contribution in [0, 0.1) is 5.92 Å². The molecule has 0 spiro atoms. The van der Waals surface area contributed by atoms with Crippen molar-refractivity contribution in [2.24, 2.45) is 5.92 Å². The number of amides is 1. The number of hydrogen-bond acceptors (Lipinski definition) is 4. The molecule has 1 aromatic rings. The van der Waals surface area contributed by atoms with E-state index < -0.39 is 0 Å². The highest BCUT2D eigenvalue weighted by Gasteiger charge is 2.21. The SMILES string of the molecule is CC(C)CCN1CCN(C(=O)Cn2cc(N)cn2)CC1. The summed E-state index contributed by atoms with van der Waals surface area (Å²) in [6.45, 7) is 9.48. The fraction of sp³-hybridized carbons (Fsp3) is 0.714. The van der Waals surface area contributed by atoms with E-state index in [4.69, 9.17) is 5.73 Å². The molecule has 0 saturated carbocycles. The molecule has 2 N–H and O–H groups in total. The van der Waals surface area contributed by atoms with Crippen LogP contribution in [-0.4, -0.2) is 58.2 Å². The molecule has 2 heterocycles. The fourth-order valence-electron chi connectivity index (χ4n) is 2.37. The molecule has 0 aliphatic carbocycles. The van der Waals surface area contributed by atoms with Crippen molar-refractivity contribution in [2.75, 3.05) is 38.5 Å². The van der Waals surface area contributed by atoms with Gasteiger partial charge in [-0.25, -0.2) is 0 Å². The van der Waals surface area contributed by atoms with Crippen LogP contribution in [0.5, 0.6) is 0 Å². The Kier molecular flexibility index (Phi) is 5.00. The number of anilines is 1. The van der Waals surface area contributed by atoms with E-state index in [9.17, 15) is 4.79 Å². The van der Waals surface area contributed by atoms with Crippen LogP contribution in [0.25, 0.3) is 0 Å². The van der Waals surface area contributed by atoms with Crippen LogP contribution in [0.4, 0.5) is 5.69 Å². The highest BCUT2D eigenvalue weighted by atomic mass is 16.2. The Labute approximate surface area is 120 Å². The summed E-state index contributed by atoms with van der Waals surface area (Å²) in [5.74, 6) is 0.858. The highest BCUT2D eigenvalue weighted by Crippen LogP contribution is 2.07.